The molecule has 7 heteroatoms. The Hall–Kier alpha value is -1.63. The molecule has 1 aromatic heterocycles. The molecule has 0 saturated carbocycles. The second-order valence-electron chi connectivity index (χ2n) is 3.76. The summed E-state index contributed by atoms with van der Waals surface area (Å²) in [6, 6.07) is 0. The van der Waals surface area contributed by atoms with Gasteiger partial charge in [-0.3, -0.25) is 0 Å². The average molecular weight is 240 g/mol. The Morgan fingerprint density at radius 3 is 2.35 bits per heavy atom. The smallest absolute Gasteiger partial charge is 0.232 e. The van der Waals surface area contributed by atoms with Crippen LogP contribution < -0.4 is 15.5 Å². The lowest BCUT2D eigenvalue weighted by Crippen LogP contribution is -2.30. The molecule has 1 heterocycles. The number of anilines is 3. The molecule has 96 valence electrons. The summed E-state index contributed by atoms with van der Waals surface area (Å²) in [5.41, 5.74) is 5.67. The minimum absolute atomic E-state index is 0.231. The maximum absolute atomic E-state index is 5.67. The Morgan fingerprint density at radius 2 is 1.82 bits per heavy atom. The molecule has 7 nitrogen and oxygen atoms in total. The summed E-state index contributed by atoms with van der Waals surface area (Å²) in [6.07, 6.45) is 0. The van der Waals surface area contributed by atoms with E-state index in [1.165, 1.54) is 0 Å². The van der Waals surface area contributed by atoms with Crippen LogP contribution in [0.4, 0.5) is 17.8 Å². The molecule has 0 aliphatic rings. The molecule has 1 rings (SSSR count). The molecule has 0 amide bonds. The van der Waals surface area contributed by atoms with E-state index in [4.69, 9.17) is 10.5 Å². The number of ether oxygens (including phenoxy) is 1. The van der Waals surface area contributed by atoms with Gasteiger partial charge in [-0.05, 0) is 6.92 Å². The van der Waals surface area contributed by atoms with Gasteiger partial charge in [0.25, 0.3) is 0 Å². The molecule has 0 fully saturated rings. The van der Waals surface area contributed by atoms with Crippen LogP contribution in [0.5, 0.6) is 0 Å². The number of hydrogen-bond donors (Lipinski definition) is 1. The fourth-order valence-corrected chi connectivity index (χ4v) is 1.31. The van der Waals surface area contributed by atoms with E-state index in [2.05, 4.69) is 15.0 Å². The van der Waals surface area contributed by atoms with E-state index < -0.39 is 0 Å². The van der Waals surface area contributed by atoms with Crippen molar-refractivity contribution in [2.24, 2.45) is 0 Å². The Labute approximate surface area is 102 Å². The summed E-state index contributed by atoms with van der Waals surface area (Å²) in [5, 5.41) is 0. The van der Waals surface area contributed by atoms with E-state index in [9.17, 15) is 0 Å². The van der Waals surface area contributed by atoms with Gasteiger partial charge in [-0.25, -0.2) is 0 Å². The summed E-state index contributed by atoms with van der Waals surface area (Å²) in [4.78, 5) is 16.3. The molecular formula is C10H20N6O. The van der Waals surface area contributed by atoms with Gasteiger partial charge in [0.15, 0.2) is 0 Å². The van der Waals surface area contributed by atoms with E-state index in [1.807, 2.05) is 25.9 Å². The van der Waals surface area contributed by atoms with Crippen molar-refractivity contribution in [3.8, 4) is 0 Å². The Kier molecular flexibility index (Phi) is 4.89. The monoisotopic (exact) mass is 240 g/mol. The second kappa shape index (κ2) is 6.19. The van der Waals surface area contributed by atoms with Crippen LogP contribution in [0.3, 0.4) is 0 Å². The zero-order valence-electron chi connectivity index (χ0n) is 10.8. The normalized spacial score (nSPS) is 10.4. The van der Waals surface area contributed by atoms with Gasteiger partial charge in [-0.15, -0.1) is 0 Å². The van der Waals surface area contributed by atoms with E-state index >= 15 is 0 Å². The first-order valence-corrected chi connectivity index (χ1v) is 5.51. The molecule has 1 aromatic rings. The molecule has 0 aliphatic heterocycles. The van der Waals surface area contributed by atoms with Gasteiger partial charge in [-0.1, -0.05) is 0 Å². The van der Waals surface area contributed by atoms with E-state index in [1.54, 1.807) is 12.0 Å². The van der Waals surface area contributed by atoms with Gasteiger partial charge >= 0.3 is 0 Å². The molecule has 0 atom stereocenters. The molecule has 0 aromatic carbocycles. The van der Waals surface area contributed by atoms with Crippen LogP contribution in [-0.4, -0.2) is 55.9 Å². The van der Waals surface area contributed by atoms with Gasteiger partial charge in [0.2, 0.25) is 17.8 Å². The molecule has 17 heavy (non-hydrogen) atoms. The molecule has 0 aliphatic carbocycles. The number of nitrogens with two attached hydrogens (primary N) is 1. The average Bonchev–Trinajstić information content (AvgIpc) is 2.29. The quantitative estimate of drug-likeness (QED) is 0.749. The largest absolute Gasteiger partial charge is 0.383 e. The van der Waals surface area contributed by atoms with Crippen LogP contribution in [-0.2, 0) is 4.74 Å². The van der Waals surface area contributed by atoms with E-state index in [0.29, 0.717) is 18.5 Å². The van der Waals surface area contributed by atoms with Crippen molar-refractivity contribution in [3.05, 3.63) is 0 Å². The van der Waals surface area contributed by atoms with Gasteiger partial charge in [0, 0.05) is 34.3 Å². The predicted molar refractivity (Wildman–Crippen MR) is 68.3 cm³/mol. The highest BCUT2D eigenvalue weighted by molar-refractivity contribution is 5.42. The predicted octanol–water partition coefficient (Wildman–Crippen LogP) is -0.00750. The standard InChI is InChI=1S/C10H20N6O/c1-5-16(6-7-17-4)10-13-8(11)12-9(14-10)15(2)3/h5-7H2,1-4H3,(H2,11,12,13,14). The molecule has 2 N–H and O–H groups in total. The first-order chi connectivity index (χ1) is 8.08. The molecule has 0 radical (unpaired) electrons. The van der Waals surface area contributed by atoms with Crippen LogP contribution in [0.15, 0.2) is 0 Å². The van der Waals surface area contributed by atoms with Crippen molar-refractivity contribution in [1.29, 1.82) is 0 Å². The number of hydrogen-bond acceptors (Lipinski definition) is 7. The molecular weight excluding hydrogens is 220 g/mol. The fraction of sp³-hybridized carbons (Fsp3) is 0.700. The molecule has 0 bridgehead atoms. The van der Waals surface area contributed by atoms with Gasteiger partial charge < -0.3 is 20.3 Å². The Balaban J connectivity index is 2.94. The SMILES string of the molecule is CCN(CCOC)c1nc(N)nc(N(C)C)n1. The highest BCUT2D eigenvalue weighted by atomic mass is 16.5. The maximum atomic E-state index is 5.67. The first kappa shape index (κ1) is 13.4. The van der Waals surface area contributed by atoms with Crippen molar-refractivity contribution >= 4 is 17.8 Å². The van der Waals surface area contributed by atoms with Crippen LogP contribution in [0.1, 0.15) is 6.92 Å². The third-order valence-corrected chi connectivity index (χ3v) is 2.26. The van der Waals surface area contributed by atoms with Crippen LogP contribution in [0.2, 0.25) is 0 Å². The lowest BCUT2D eigenvalue weighted by Gasteiger charge is -2.21. The molecule has 0 spiro atoms. The lowest BCUT2D eigenvalue weighted by atomic mass is 10.5. The van der Waals surface area contributed by atoms with Crippen LogP contribution >= 0.6 is 0 Å². The summed E-state index contributed by atoms with van der Waals surface area (Å²) in [5.74, 6) is 1.37. The molecule has 0 saturated heterocycles. The van der Waals surface area contributed by atoms with Crippen molar-refractivity contribution in [2.75, 3.05) is 56.4 Å². The van der Waals surface area contributed by atoms with Crippen molar-refractivity contribution in [3.63, 3.8) is 0 Å². The Morgan fingerprint density at radius 1 is 1.18 bits per heavy atom. The number of rotatable bonds is 6. The second-order valence-corrected chi connectivity index (χ2v) is 3.76. The van der Waals surface area contributed by atoms with Crippen molar-refractivity contribution in [2.45, 2.75) is 6.92 Å². The minimum Gasteiger partial charge on any atom is -0.383 e. The number of aromatic nitrogens is 3. The van der Waals surface area contributed by atoms with Crippen LogP contribution in [0.25, 0.3) is 0 Å². The van der Waals surface area contributed by atoms with Crippen LogP contribution in [0, 0.1) is 0 Å². The van der Waals surface area contributed by atoms with Crippen molar-refractivity contribution < 1.29 is 4.74 Å². The summed E-state index contributed by atoms with van der Waals surface area (Å²) >= 11 is 0. The molecule has 0 unspecified atom stereocenters. The van der Waals surface area contributed by atoms with Gasteiger partial charge in [0.1, 0.15) is 0 Å². The lowest BCUT2D eigenvalue weighted by molar-refractivity contribution is 0.205. The van der Waals surface area contributed by atoms with Gasteiger partial charge in [0.05, 0.1) is 6.61 Å². The zero-order valence-corrected chi connectivity index (χ0v) is 10.8. The number of likely N-dealkylation sites (N-methyl/N-ethyl adjacent to an activating group) is 1. The van der Waals surface area contributed by atoms with Gasteiger partial charge in [-0.2, -0.15) is 15.0 Å². The highest BCUT2D eigenvalue weighted by Gasteiger charge is 2.11. The number of methoxy groups -OCH3 is 1. The maximum Gasteiger partial charge on any atom is 0.232 e. The highest BCUT2D eigenvalue weighted by Crippen LogP contribution is 2.13. The van der Waals surface area contributed by atoms with Crippen molar-refractivity contribution in [1.82, 2.24) is 15.0 Å². The summed E-state index contributed by atoms with van der Waals surface area (Å²) < 4.78 is 5.05. The zero-order chi connectivity index (χ0) is 12.8. The third kappa shape index (κ3) is 3.70. The van der Waals surface area contributed by atoms with E-state index in [-0.39, 0.29) is 5.95 Å². The first-order valence-electron chi connectivity index (χ1n) is 5.51. The Bertz CT molecular complexity index is 357. The fourth-order valence-electron chi connectivity index (χ4n) is 1.31. The summed E-state index contributed by atoms with van der Waals surface area (Å²) in [6.45, 7) is 4.17. The summed E-state index contributed by atoms with van der Waals surface area (Å²) in [7, 11) is 5.40. The minimum atomic E-state index is 0.231. The number of nitrogens with zero attached hydrogens (tertiary/aromatic N) is 5. The number of nitrogen functional groups attached to an aromatic ring is 1. The third-order valence-electron chi connectivity index (χ3n) is 2.26. The van der Waals surface area contributed by atoms with E-state index in [0.717, 1.165) is 13.1 Å². The topological polar surface area (TPSA) is 80.4 Å².